The van der Waals surface area contributed by atoms with Crippen molar-refractivity contribution in [3.63, 3.8) is 0 Å². The van der Waals surface area contributed by atoms with Crippen molar-refractivity contribution in [3.8, 4) is 0 Å². The smallest absolute Gasteiger partial charge is 0.450 e. The molecule has 0 rings (SSSR count). The second-order valence-electron chi connectivity index (χ2n) is 3.39. The van der Waals surface area contributed by atoms with Gasteiger partial charge in [-0.1, -0.05) is 0 Å². The largest absolute Gasteiger partial charge is 0.503 e. The summed E-state index contributed by atoms with van der Waals surface area (Å²) in [6, 6.07) is 0. The third-order valence-corrected chi connectivity index (χ3v) is 0. The maximum Gasteiger partial charge on any atom is 0.503 e. The van der Waals surface area contributed by atoms with Gasteiger partial charge in [0.25, 0.3) is 0 Å². The van der Waals surface area contributed by atoms with Gasteiger partial charge in [-0.05, 0) is 0 Å². The van der Waals surface area contributed by atoms with Crippen molar-refractivity contribution in [2.24, 2.45) is 0 Å². The quantitative estimate of drug-likeness (QED) is 0.156. The van der Waals surface area contributed by atoms with Gasteiger partial charge < -0.3 is 123 Å². The van der Waals surface area contributed by atoms with Crippen LogP contribution in [0.1, 0.15) is 0 Å². The standard InChI is InChI=1S/12CH2O3.Pd/c12*2-1(3)4;/h12*(H2,2,3,4);. The number of hydrogen-bond donors (Lipinski definition) is 24. The molecule has 36 nitrogen and oxygen atoms in total. The predicted octanol–water partition coefficient (Wildman–Crippen LogP) is 2.67. The molecule has 0 fully saturated rings. The van der Waals surface area contributed by atoms with E-state index in [0.29, 0.717) is 0 Å². The van der Waals surface area contributed by atoms with E-state index in [0.717, 1.165) is 0 Å². The fourth-order valence-electron chi connectivity index (χ4n) is 0. The van der Waals surface area contributed by atoms with E-state index in [-0.39, 0.29) is 20.4 Å². The van der Waals surface area contributed by atoms with Crippen LogP contribution in [-0.4, -0.2) is 196 Å². The Morgan fingerprint density at radius 3 is 0.143 bits per heavy atom. The molecule has 0 unspecified atom stereocenters. The number of carboxylic acid groups (broad SMARTS) is 24. The van der Waals surface area contributed by atoms with E-state index in [1.54, 1.807) is 0 Å². The molecule has 0 aliphatic carbocycles. The third-order valence-electron chi connectivity index (χ3n) is 0. The van der Waals surface area contributed by atoms with Crippen molar-refractivity contribution in [2.45, 2.75) is 0 Å². The molecule has 0 bridgehead atoms. The van der Waals surface area contributed by atoms with Crippen LogP contribution in [0.3, 0.4) is 0 Å². The Labute approximate surface area is 275 Å². The first-order valence-electron chi connectivity index (χ1n) is 7.82. The molecule has 0 aliphatic rings. The monoisotopic (exact) mass is 850 g/mol. The summed E-state index contributed by atoms with van der Waals surface area (Å²) in [4.78, 5) is 103. The first-order valence-corrected chi connectivity index (χ1v) is 7.82. The van der Waals surface area contributed by atoms with Gasteiger partial charge in [0.2, 0.25) is 0 Å². The molecule has 0 aromatic heterocycles. The maximum absolute atomic E-state index is 8.56. The fourth-order valence-corrected chi connectivity index (χ4v) is 0. The minimum Gasteiger partial charge on any atom is -0.450 e. The Balaban J connectivity index is -0.0000000262. The topological polar surface area (TPSA) is 690 Å². The molecule has 0 aromatic carbocycles. The summed E-state index contributed by atoms with van der Waals surface area (Å²) in [5.74, 6) is 0. The Kier molecular flexibility index (Phi) is 132. The second kappa shape index (κ2) is 77.6. The molecule has 0 saturated carbocycles. The number of carbonyl (C=O) groups is 12. The van der Waals surface area contributed by atoms with Crippen LogP contribution in [-0.2, 0) is 20.4 Å². The molecule has 49 heavy (non-hydrogen) atoms. The normalized spacial score (nSPS) is 5.88. The summed E-state index contributed by atoms with van der Waals surface area (Å²) in [6.45, 7) is 0. The van der Waals surface area contributed by atoms with Gasteiger partial charge in [-0.15, -0.1) is 0 Å². The first kappa shape index (κ1) is 83.6. The zero-order chi connectivity index (χ0) is 42.9. The first-order chi connectivity index (χ1) is 20.8. The SMILES string of the molecule is O=C(O)O.O=C(O)O.O=C(O)O.O=C(O)O.O=C(O)O.O=C(O)O.O=C(O)O.O=C(O)O.O=C(O)O.O=C(O)O.O=C(O)O.O=C(O)O.[Pd]. The summed E-state index contributed by atoms with van der Waals surface area (Å²) >= 11 is 0. The third kappa shape index (κ3) is 874. The van der Waals surface area contributed by atoms with Gasteiger partial charge in [0.15, 0.2) is 0 Å². The molecule has 0 amide bonds. The van der Waals surface area contributed by atoms with Crippen LogP contribution in [0.4, 0.5) is 57.5 Å². The molecular formula is C12H24O36Pd. The van der Waals surface area contributed by atoms with Gasteiger partial charge in [-0.3, -0.25) is 0 Å². The molecular weight excluding hydrogens is 827 g/mol. The van der Waals surface area contributed by atoms with Gasteiger partial charge in [0.05, 0.1) is 0 Å². The van der Waals surface area contributed by atoms with E-state index < -0.39 is 73.9 Å². The number of rotatable bonds is 0. The number of hydrogen-bond acceptors (Lipinski definition) is 12. The van der Waals surface area contributed by atoms with Crippen LogP contribution in [0.2, 0.25) is 0 Å². The summed E-state index contributed by atoms with van der Waals surface area (Å²) in [5.41, 5.74) is 0. The van der Waals surface area contributed by atoms with Crippen LogP contribution < -0.4 is 0 Å². The van der Waals surface area contributed by atoms with Crippen LogP contribution in [0.25, 0.3) is 0 Å². The molecule has 0 aliphatic heterocycles. The molecule has 0 atom stereocenters. The average Bonchev–Trinajstić information content (AvgIpc) is 2.61. The molecule has 0 saturated heterocycles. The zero-order valence-corrected chi connectivity index (χ0v) is 23.5. The minimum absolute atomic E-state index is 0. The molecule has 0 heterocycles. The summed E-state index contributed by atoms with van der Waals surface area (Å²) < 4.78 is 0. The Morgan fingerprint density at radius 2 is 0.143 bits per heavy atom. The van der Waals surface area contributed by atoms with E-state index in [4.69, 9.17) is 180 Å². The van der Waals surface area contributed by atoms with Crippen molar-refractivity contribution in [2.75, 3.05) is 0 Å². The van der Waals surface area contributed by atoms with Crippen molar-refractivity contribution in [3.05, 3.63) is 0 Å². The summed E-state index contributed by atoms with van der Waals surface area (Å²) in [7, 11) is 0. The van der Waals surface area contributed by atoms with E-state index >= 15 is 0 Å². The second-order valence-corrected chi connectivity index (χ2v) is 3.39. The molecule has 0 spiro atoms. The van der Waals surface area contributed by atoms with Gasteiger partial charge in [-0.25, -0.2) is 57.5 Å². The fraction of sp³-hybridized carbons (Fsp3) is 0. The van der Waals surface area contributed by atoms with Crippen molar-refractivity contribution < 1.29 is 201 Å². The van der Waals surface area contributed by atoms with Crippen LogP contribution in [0, 0.1) is 0 Å². The van der Waals surface area contributed by atoms with Crippen molar-refractivity contribution >= 4 is 73.9 Å². The van der Waals surface area contributed by atoms with Gasteiger partial charge in [0, 0.05) is 20.4 Å². The van der Waals surface area contributed by atoms with Gasteiger partial charge in [-0.2, -0.15) is 0 Å². The maximum atomic E-state index is 8.56. The summed E-state index contributed by atoms with van der Waals surface area (Å²) in [5, 5.41) is 167. The van der Waals surface area contributed by atoms with E-state index in [1.807, 2.05) is 0 Å². The zero-order valence-electron chi connectivity index (χ0n) is 21.9. The molecule has 37 heteroatoms. The minimum atomic E-state index is -1.83. The van der Waals surface area contributed by atoms with Crippen molar-refractivity contribution in [1.29, 1.82) is 0 Å². The van der Waals surface area contributed by atoms with Crippen molar-refractivity contribution in [1.82, 2.24) is 0 Å². The Bertz CT molecular complexity index is 580. The van der Waals surface area contributed by atoms with Crippen LogP contribution >= 0.6 is 0 Å². The van der Waals surface area contributed by atoms with Crippen LogP contribution in [0.5, 0.6) is 0 Å². The average molecular weight is 851 g/mol. The Morgan fingerprint density at radius 1 is 0.143 bits per heavy atom. The van der Waals surface area contributed by atoms with E-state index in [9.17, 15) is 0 Å². The molecule has 298 valence electrons. The molecule has 0 aromatic rings. The summed E-state index contributed by atoms with van der Waals surface area (Å²) in [6.07, 6.45) is -22.0. The Hall–Kier alpha value is -8.10. The van der Waals surface area contributed by atoms with E-state index in [2.05, 4.69) is 0 Å². The molecule has 24 N–H and O–H groups in total. The molecule has 0 radical (unpaired) electrons. The van der Waals surface area contributed by atoms with Gasteiger partial charge in [0.1, 0.15) is 0 Å². The van der Waals surface area contributed by atoms with Crippen LogP contribution in [0.15, 0.2) is 0 Å². The predicted molar refractivity (Wildman–Crippen MR) is 128 cm³/mol. The van der Waals surface area contributed by atoms with Gasteiger partial charge >= 0.3 is 73.9 Å². The van der Waals surface area contributed by atoms with E-state index in [1.165, 1.54) is 0 Å².